The average molecular weight is 291 g/mol. The minimum absolute atomic E-state index is 0.100. The number of carbonyl (C=O) groups excluding carboxylic acids is 1. The van der Waals surface area contributed by atoms with E-state index in [1.165, 1.54) is 25.2 Å². The van der Waals surface area contributed by atoms with E-state index in [4.69, 9.17) is 5.11 Å². The molecule has 0 saturated carbocycles. The molecule has 1 amide bonds. The maximum absolute atomic E-state index is 12.8. The highest BCUT2D eigenvalue weighted by Crippen LogP contribution is 2.30. The summed E-state index contributed by atoms with van der Waals surface area (Å²) in [6, 6.07) is 1.23. The summed E-state index contributed by atoms with van der Waals surface area (Å²) in [4.78, 5) is 22.7. The molecule has 9 heteroatoms. The van der Waals surface area contributed by atoms with Gasteiger partial charge in [-0.25, -0.2) is 4.79 Å². The Labute approximate surface area is 112 Å². The second kappa shape index (κ2) is 5.06. The fourth-order valence-corrected chi connectivity index (χ4v) is 1.32. The molecular weight excluding hydrogens is 279 g/mol. The Kier molecular flexibility index (Phi) is 4.02. The van der Waals surface area contributed by atoms with Gasteiger partial charge in [-0.15, -0.1) is 0 Å². The number of carboxylic acid groups (broad SMARTS) is 1. The summed E-state index contributed by atoms with van der Waals surface area (Å²) in [6.07, 6.45) is -5.14. The van der Waals surface area contributed by atoms with Gasteiger partial charge in [0.2, 0.25) is 5.54 Å². The second-order valence-corrected chi connectivity index (χ2v) is 4.37. The predicted molar refractivity (Wildman–Crippen MR) is 61.1 cm³/mol. The molecule has 0 aliphatic rings. The molecule has 0 aliphatic carbocycles. The van der Waals surface area contributed by atoms with Crippen LogP contribution in [0.15, 0.2) is 6.07 Å². The van der Waals surface area contributed by atoms with E-state index in [2.05, 4.69) is 10.2 Å². The van der Waals surface area contributed by atoms with E-state index in [1.54, 1.807) is 0 Å². The number of alkyl halides is 3. The zero-order valence-electron chi connectivity index (χ0n) is 10.9. The summed E-state index contributed by atoms with van der Waals surface area (Å²) in [5, 5.41) is 17.4. The number of rotatable bonds is 3. The van der Waals surface area contributed by atoms with Crippen LogP contribution in [0.5, 0.6) is 0 Å². The highest BCUT2D eigenvalue weighted by Gasteiger charge is 2.58. The molecule has 1 atom stereocenters. The summed E-state index contributed by atoms with van der Waals surface area (Å²) < 4.78 is 38.4. The van der Waals surface area contributed by atoms with Gasteiger partial charge in [0, 0.05) is 0 Å². The van der Waals surface area contributed by atoms with Crippen molar-refractivity contribution in [2.45, 2.75) is 32.5 Å². The smallest absolute Gasteiger partial charge is 0.422 e. The van der Waals surface area contributed by atoms with Crippen LogP contribution >= 0.6 is 0 Å². The number of halogens is 3. The molecule has 20 heavy (non-hydrogen) atoms. The number of hydrogen-bond donors (Lipinski definition) is 2. The van der Waals surface area contributed by atoms with Crippen molar-refractivity contribution in [3.05, 3.63) is 23.0 Å². The van der Waals surface area contributed by atoms with Crippen LogP contribution in [0.3, 0.4) is 0 Å². The Balaban J connectivity index is 3.16. The van der Waals surface area contributed by atoms with E-state index in [0.29, 0.717) is 12.6 Å². The molecule has 0 radical (unpaired) electrons. The minimum atomic E-state index is -5.14. The number of hydrogen-bond acceptors (Lipinski definition) is 4. The van der Waals surface area contributed by atoms with E-state index in [-0.39, 0.29) is 11.3 Å². The third kappa shape index (κ3) is 2.86. The summed E-state index contributed by atoms with van der Waals surface area (Å²) in [5.74, 6) is -3.38. The van der Waals surface area contributed by atoms with Crippen LogP contribution in [-0.4, -0.2) is 38.9 Å². The Morgan fingerprint density at radius 1 is 1.25 bits per heavy atom. The molecule has 1 aromatic rings. The topological polar surface area (TPSA) is 92.2 Å². The van der Waals surface area contributed by atoms with Gasteiger partial charge in [-0.2, -0.15) is 23.4 Å². The number of aromatic nitrogens is 2. The second-order valence-electron chi connectivity index (χ2n) is 4.37. The molecule has 1 aromatic heterocycles. The first kappa shape index (κ1) is 15.9. The standard InChI is InChI=1S/C11H12F3N3O3/c1-5-4-7(6(2)17-16-5)8(18)15-10(3,9(19)20)11(12,13)14/h4H,1-3H3,(H,15,18)(H,19,20). The van der Waals surface area contributed by atoms with Crippen LogP contribution in [0.2, 0.25) is 0 Å². The number of nitrogens with zero attached hydrogens (tertiary/aromatic N) is 2. The Bertz CT molecular complexity index is 560. The Hall–Kier alpha value is -2.19. The monoisotopic (exact) mass is 291 g/mol. The first-order chi connectivity index (χ1) is 8.99. The van der Waals surface area contributed by atoms with Crippen LogP contribution in [0.4, 0.5) is 13.2 Å². The van der Waals surface area contributed by atoms with Gasteiger partial charge in [0.1, 0.15) is 0 Å². The largest absolute Gasteiger partial charge is 0.479 e. The van der Waals surface area contributed by atoms with Gasteiger partial charge in [-0.1, -0.05) is 0 Å². The number of aryl methyl sites for hydroxylation is 2. The minimum Gasteiger partial charge on any atom is -0.479 e. The van der Waals surface area contributed by atoms with Crippen LogP contribution in [-0.2, 0) is 4.79 Å². The van der Waals surface area contributed by atoms with Gasteiger partial charge in [0.25, 0.3) is 5.91 Å². The fraction of sp³-hybridized carbons (Fsp3) is 0.455. The van der Waals surface area contributed by atoms with Gasteiger partial charge in [0.05, 0.1) is 17.0 Å². The van der Waals surface area contributed by atoms with Crippen molar-refractivity contribution in [1.29, 1.82) is 0 Å². The molecule has 110 valence electrons. The highest BCUT2D eigenvalue weighted by atomic mass is 19.4. The lowest BCUT2D eigenvalue weighted by Gasteiger charge is -2.28. The van der Waals surface area contributed by atoms with Crippen molar-refractivity contribution in [3.8, 4) is 0 Å². The quantitative estimate of drug-likeness (QED) is 0.873. The van der Waals surface area contributed by atoms with Crippen molar-refractivity contribution in [1.82, 2.24) is 15.5 Å². The van der Waals surface area contributed by atoms with Crippen molar-refractivity contribution >= 4 is 11.9 Å². The lowest BCUT2D eigenvalue weighted by molar-refractivity contribution is -0.203. The lowest BCUT2D eigenvalue weighted by Crippen LogP contribution is -2.62. The highest BCUT2D eigenvalue weighted by molar-refractivity contribution is 5.98. The average Bonchev–Trinajstić information content (AvgIpc) is 2.30. The van der Waals surface area contributed by atoms with Crippen LogP contribution in [0, 0.1) is 13.8 Å². The van der Waals surface area contributed by atoms with Crippen LogP contribution in [0.25, 0.3) is 0 Å². The first-order valence-corrected chi connectivity index (χ1v) is 5.42. The molecule has 0 aromatic carbocycles. The molecule has 0 saturated heterocycles. The number of amides is 1. The third-order valence-electron chi connectivity index (χ3n) is 2.70. The molecule has 0 spiro atoms. The van der Waals surface area contributed by atoms with Gasteiger partial charge >= 0.3 is 12.1 Å². The van der Waals surface area contributed by atoms with Gasteiger partial charge in [0.15, 0.2) is 0 Å². The van der Waals surface area contributed by atoms with Gasteiger partial charge in [-0.3, -0.25) is 4.79 Å². The summed E-state index contributed by atoms with van der Waals surface area (Å²) in [6.45, 7) is 3.26. The molecule has 1 rings (SSSR count). The van der Waals surface area contributed by atoms with E-state index < -0.39 is 23.6 Å². The predicted octanol–water partition coefficient (Wildman–Crippen LogP) is 1.23. The molecule has 1 unspecified atom stereocenters. The molecule has 1 heterocycles. The maximum atomic E-state index is 12.8. The summed E-state index contributed by atoms with van der Waals surface area (Å²) in [7, 11) is 0. The number of nitrogens with one attached hydrogen (secondary N) is 1. The maximum Gasteiger partial charge on any atom is 0.422 e. The van der Waals surface area contributed by atoms with Crippen molar-refractivity contribution in [2.75, 3.05) is 0 Å². The first-order valence-electron chi connectivity index (χ1n) is 5.42. The molecule has 0 aliphatic heterocycles. The van der Waals surface area contributed by atoms with E-state index in [9.17, 15) is 22.8 Å². The number of carbonyl (C=O) groups is 2. The molecular formula is C11H12F3N3O3. The van der Waals surface area contributed by atoms with E-state index in [1.807, 2.05) is 0 Å². The van der Waals surface area contributed by atoms with Crippen molar-refractivity contribution < 1.29 is 27.9 Å². The van der Waals surface area contributed by atoms with Crippen LogP contribution in [0.1, 0.15) is 28.7 Å². The van der Waals surface area contributed by atoms with Crippen LogP contribution < -0.4 is 5.32 Å². The molecule has 0 fully saturated rings. The zero-order valence-corrected chi connectivity index (χ0v) is 10.9. The molecule has 0 bridgehead atoms. The lowest BCUT2D eigenvalue weighted by atomic mass is 10.0. The van der Waals surface area contributed by atoms with Crippen molar-refractivity contribution in [3.63, 3.8) is 0 Å². The van der Waals surface area contributed by atoms with E-state index in [0.717, 1.165) is 0 Å². The SMILES string of the molecule is Cc1cc(C(=O)NC(C)(C(=O)O)C(F)(F)F)c(C)nn1. The number of aliphatic carboxylic acids is 1. The van der Waals surface area contributed by atoms with Gasteiger partial charge in [-0.05, 0) is 26.8 Å². The number of carboxylic acids is 1. The summed E-state index contributed by atoms with van der Waals surface area (Å²) in [5.41, 5.74) is -3.12. The zero-order chi connectivity index (χ0) is 15.7. The Morgan fingerprint density at radius 2 is 1.80 bits per heavy atom. The molecule has 2 N–H and O–H groups in total. The van der Waals surface area contributed by atoms with Gasteiger partial charge < -0.3 is 10.4 Å². The Morgan fingerprint density at radius 3 is 2.25 bits per heavy atom. The van der Waals surface area contributed by atoms with E-state index >= 15 is 0 Å². The normalized spacial score (nSPS) is 14.5. The third-order valence-corrected chi connectivity index (χ3v) is 2.70. The molecule has 6 nitrogen and oxygen atoms in total. The van der Waals surface area contributed by atoms with Crippen molar-refractivity contribution in [2.24, 2.45) is 0 Å². The fourth-order valence-electron chi connectivity index (χ4n) is 1.32. The summed E-state index contributed by atoms with van der Waals surface area (Å²) >= 11 is 0.